The zero-order valence-electron chi connectivity index (χ0n) is 21.6. The summed E-state index contributed by atoms with van der Waals surface area (Å²) < 4.78 is 11.7. The number of amides is 1. The molecule has 3 atom stereocenters. The minimum absolute atomic E-state index is 0.0321. The number of aliphatic hydroxyl groups is 1. The topological polar surface area (TPSA) is 105 Å². The Labute approximate surface area is 227 Å². The van der Waals surface area contributed by atoms with E-state index in [0.29, 0.717) is 17.2 Å². The molecule has 200 valence electrons. The molecule has 0 saturated carbocycles. The highest BCUT2D eigenvalue weighted by Gasteiger charge is 2.34. The SMILES string of the molecule is CC(C(=O)C(O)c1cccc(O)c1)C(COCc1ccccc1)C(=O)Nc1ccc(Oc2ccccc2)cc1. The largest absolute Gasteiger partial charge is 0.508 e. The molecule has 3 unspecified atom stereocenters. The van der Waals surface area contributed by atoms with Crippen LogP contribution < -0.4 is 10.1 Å². The summed E-state index contributed by atoms with van der Waals surface area (Å²) in [4.78, 5) is 26.6. The highest BCUT2D eigenvalue weighted by molar-refractivity contribution is 5.97. The number of carbonyl (C=O) groups excluding carboxylic acids is 2. The van der Waals surface area contributed by atoms with Crippen LogP contribution in [-0.2, 0) is 20.9 Å². The summed E-state index contributed by atoms with van der Waals surface area (Å²) in [6.45, 7) is 1.84. The Kier molecular flexibility index (Phi) is 9.45. The number of carbonyl (C=O) groups is 2. The highest BCUT2D eigenvalue weighted by Crippen LogP contribution is 2.27. The van der Waals surface area contributed by atoms with Gasteiger partial charge in [0.25, 0.3) is 0 Å². The molecule has 4 aromatic rings. The van der Waals surface area contributed by atoms with Crippen molar-refractivity contribution in [2.75, 3.05) is 11.9 Å². The number of ketones is 1. The van der Waals surface area contributed by atoms with Gasteiger partial charge in [-0.05, 0) is 59.7 Å². The number of phenolic OH excluding ortho intramolecular Hbond substituents is 1. The lowest BCUT2D eigenvalue weighted by Gasteiger charge is -2.24. The first kappa shape index (κ1) is 27.6. The molecule has 0 fully saturated rings. The monoisotopic (exact) mass is 525 g/mol. The number of ether oxygens (including phenoxy) is 2. The molecular formula is C32H31NO6. The van der Waals surface area contributed by atoms with Gasteiger partial charge in [0.1, 0.15) is 23.4 Å². The van der Waals surface area contributed by atoms with Gasteiger partial charge >= 0.3 is 0 Å². The van der Waals surface area contributed by atoms with E-state index in [2.05, 4.69) is 5.32 Å². The molecule has 0 spiro atoms. The molecule has 0 radical (unpaired) electrons. The summed E-state index contributed by atoms with van der Waals surface area (Å²) in [5.74, 6) is -1.47. The van der Waals surface area contributed by atoms with Crippen molar-refractivity contribution in [1.29, 1.82) is 0 Å². The number of anilines is 1. The molecular weight excluding hydrogens is 494 g/mol. The van der Waals surface area contributed by atoms with Crippen molar-refractivity contribution in [2.45, 2.75) is 19.6 Å². The van der Waals surface area contributed by atoms with Crippen LogP contribution in [0.2, 0.25) is 0 Å². The lowest BCUT2D eigenvalue weighted by atomic mass is 9.85. The van der Waals surface area contributed by atoms with E-state index in [4.69, 9.17) is 9.47 Å². The number of hydrogen-bond donors (Lipinski definition) is 3. The van der Waals surface area contributed by atoms with Gasteiger partial charge in [0.15, 0.2) is 5.78 Å². The second-order valence-electron chi connectivity index (χ2n) is 9.22. The van der Waals surface area contributed by atoms with Gasteiger partial charge in [-0.3, -0.25) is 9.59 Å². The Morgan fingerprint density at radius 1 is 0.821 bits per heavy atom. The van der Waals surface area contributed by atoms with Crippen molar-refractivity contribution in [2.24, 2.45) is 11.8 Å². The van der Waals surface area contributed by atoms with Crippen molar-refractivity contribution in [1.82, 2.24) is 0 Å². The van der Waals surface area contributed by atoms with E-state index in [0.717, 1.165) is 5.56 Å². The van der Waals surface area contributed by atoms with Gasteiger partial charge in [-0.1, -0.05) is 67.6 Å². The average molecular weight is 526 g/mol. The Hall–Kier alpha value is -4.46. The summed E-state index contributed by atoms with van der Waals surface area (Å²) in [5.41, 5.74) is 1.72. The quantitative estimate of drug-likeness (QED) is 0.213. The first-order chi connectivity index (χ1) is 18.9. The third kappa shape index (κ3) is 7.77. The number of phenols is 1. The number of benzene rings is 4. The molecule has 0 aromatic heterocycles. The highest BCUT2D eigenvalue weighted by atomic mass is 16.5. The van der Waals surface area contributed by atoms with E-state index >= 15 is 0 Å². The van der Waals surface area contributed by atoms with Crippen LogP contribution in [-0.4, -0.2) is 28.5 Å². The number of rotatable bonds is 12. The minimum Gasteiger partial charge on any atom is -0.508 e. The van der Waals surface area contributed by atoms with Gasteiger partial charge in [-0.25, -0.2) is 0 Å². The molecule has 7 nitrogen and oxygen atoms in total. The lowest BCUT2D eigenvalue weighted by molar-refractivity contribution is -0.138. The zero-order valence-corrected chi connectivity index (χ0v) is 21.6. The van der Waals surface area contributed by atoms with Gasteiger partial charge < -0.3 is 25.0 Å². The van der Waals surface area contributed by atoms with Crippen molar-refractivity contribution >= 4 is 17.4 Å². The van der Waals surface area contributed by atoms with Crippen LogP contribution in [0.3, 0.4) is 0 Å². The van der Waals surface area contributed by atoms with Crippen LogP contribution in [0.15, 0.2) is 109 Å². The van der Waals surface area contributed by atoms with Crippen molar-refractivity contribution in [3.8, 4) is 17.2 Å². The molecule has 0 aliphatic heterocycles. The fourth-order valence-electron chi connectivity index (χ4n) is 4.10. The molecule has 0 aliphatic rings. The number of aromatic hydroxyl groups is 1. The van der Waals surface area contributed by atoms with Crippen molar-refractivity contribution < 1.29 is 29.3 Å². The van der Waals surface area contributed by atoms with Crippen LogP contribution in [0.25, 0.3) is 0 Å². The van der Waals surface area contributed by atoms with E-state index in [1.807, 2.05) is 60.7 Å². The number of aliphatic hydroxyl groups excluding tert-OH is 1. The molecule has 3 N–H and O–H groups in total. The normalized spacial score (nSPS) is 13.2. The second kappa shape index (κ2) is 13.4. The Bertz CT molecular complexity index is 1360. The third-order valence-electron chi connectivity index (χ3n) is 6.35. The predicted molar refractivity (Wildman–Crippen MR) is 148 cm³/mol. The molecule has 4 rings (SSSR count). The van der Waals surface area contributed by atoms with E-state index < -0.39 is 29.6 Å². The van der Waals surface area contributed by atoms with Crippen LogP contribution in [0.5, 0.6) is 17.2 Å². The summed E-state index contributed by atoms with van der Waals surface area (Å²) in [7, 11) is 0. The van der Waals surface area contributed by atoms with Crippen molar-refractivity contribution in [3.63, 3.8) is 0 Å². The summed E-state index contributed by atoms with van der Waals surface area (Å²) in [6, 6.07) is 31.7. The smallest absolute Gasteiger partial charge is 0.230 e. The maximum absolute atomic E-state index is 13.4. The Morgan fingerprint density at radius 2 is 1.46 bits per heavy atom. The fraction of sp³-hybridized carbons (Fsp3) is 0.188. The van der Waals surface area contributed by atoms with Crippen LogP contribution >= 0.6 is 0 Å². The van der Waals surface area contributed by atoms with Gasteiger partial charge in [-0.2, -0.15) is 0 Å². The van der Waals surface area contributed by atoms with E-state index in [1.54, 1.807) is 43.3 Å². The van der Waals surface area contributed by atoms with Gasteiger partial charge in [0.2, 0.25) is 5.91 Å². The lowest BCUT2D eigenvalue weighted by Crippen LogP contribution is -2.37. The molecule has 0 aliphatic carbocycles. The summed E-state index contributed by atoms with van der Waals surface area (Å²) in [6.07, 6.45) is -1.49. The zero-order chi connectivity index (χ0) is 27.6. The second-order valence-corrected chi connectivity index (χ2v) is 9.22. The fourth-order valence-corrected chi connectivity index (χ4v) is 4.10. The first-order valence-electron chi connectivity index (χ1n) is 12.7. The van der Waals surface area contributed by atoms with Crippen LogP contribution in [0.1, 0.15) is 24.2 Å². The maximum Gasteiger partial charge on any atom is 0.230 e. The van der Waals surface area contributed by atoms with E-state index in [-0.39, 0.29) is 24.5 Å². The Balaban J connectivity index is 1.46. The first-order valence-corrected chi connectivity index (χ1v) is 12.7. The number of hydrogen-bond acceptors (Lipinski definition) is 6. The summed E-state index contributed by atoms with van der Waals surface area (Å²) in [5, 5.41) is 23.3. The van der Waals surface area contributed by atoms with Gasteiger partial charge in [0, 0.05) is 11.6 Å². The van der Waals surface area contributed by atoms with E-state index in [9.17, 15) is 19.8 Å². The average Bonchev–Trinajstić information content (AvgIpc) is 2.96. The molecule has 4 aromatic carbocycles. The van der Waals surface area contributed by atoms with Gasteiger partial charge in [0.05, 0.1) is 19.1 Å². The van der Waals surface area contributed by atoms with Crippen molar-refractivity contribution in [3.05, 3.63) is 120 Å². The standard InChI is InChI=1S/C32H31NO6/c1-22(30(35)31(36)24-11-8-12-26(34)19-24)29(21-38-20-23-9-4-2-5-10-23)32(37)33-25-15-17-28(18-16-25)39-27-13-6-3-7-14-27/h2-19,22,29,31,34,36H,20-21H2,1H3,(H,33,37). The number of nitrogens with one attached hydrogen (secondary N) is 1. The minimum atomic E-state index is -1.49. The van der Waals surface area contributed by atoms with Crippen LogP contribution in [0.4, 0.5) is 5.69 Å². The van der Waals surface area contributed by atoms with Gasteiger partial charge in [-0.15, -0.1) is 0 Å². The number of para-hydroxylation sites is 1. The molecule has 0 saturated heterocycles. The Morgan fingerprint density at radius 3 is 2.13 bits per heavy atom. The summed E-state index contributed by atoms with van der Waals surface area (Å²) >= 11 is 0. The molecule has 0 bridgehead atoms. The molecule has 39 heavy (non-hydrogen) atoms. The number of Topliss-reactive ketones (excluding diaryl/α,β-unsaturated/α-hetero) is 1. The van der Waals surface area contributed by atoms with E-state index in [1.165, 1.54) is 12.1 Å². The maximum atomic E-state index is 13.4. The molecule has 1 amide bonds. The molecule has 7 heteroatoms. The predicted octanol–water partition coefficient (Wildman–Crippen LogP) is 5.89. The van der Waals surface area contributed by atoms with Crippen LogP contribution in [0, 0.1) is 11.8 Å². The molecule has 0 heterocycles. The third-order valence-corrected chi connectivity index (χ3v) is 6.35.